The molecule has 0 aliphatic rings. The molecule has 2 rings (SSSR count). The standard InChI is InChI=1S/C13H14N2O3/c1-13(2,3)18-12(16)15-7-6-9-8-10(14-17)4-5-11(9)15/h4-8H,1-3H3. The van der Waals surface area contributed by atoms with Gasteiger partial charge in [-0.05, 0) is 50.2 Å². The third-order valence-electron chi connectivity index (χ3n) is 2.37. The van der Waals surface area contributed by atoms with Crippen LogP contribution in [-0.2, 0) is 4.74 Å². The Morgan fingerprint density at radius 1 is 1.28 bits per heavy atom. The topological polar surface area (TPSA) is 60.7 Å². The highest BCUT2D eigenvalue weighted by atomic mass is 16.6. The second-order valence-electron chi connectivity index (χ2n) is 5.00. The zero-order valence-electron chi connectivity index (χ0n) is 10.5. The van der Waals surface area contributed by atoms with Gasteiger partial charge in [-0.2, -0.15) is 0 Å². The molecular weight excluding hydrogens is 232 g/mol. The molecule has 1 heterocycles. The lowest BCUT2D eigenvalue weighted by Gasteiger charge is -2.19. The van der Waals surface area contributed by atoms with Gasteiger partial charge in [0.2, 0.25) is 0 Å². The third-order valence-corrected chi connectivity index (χ3v) is 2.37. The number of ether oxygens (including phenoxy) is 1. The SMILES string of the molecule is CC(C)(C)OC(=O)n1ccc2cc(N=O)ccc21. The largest absolute Gasteiger partial charge is 0.443 e. The minimum absolute atomic E-state index is 0.337. The summed E-state index contributed by atoms with van der Waals surface area (Å²) >= 11 is 0. The van der Waals surface area contributed by atoms with Crippen LogP contribution >= 0.6 is 0 Å². The first-order valence-electron chi connectivity index (χ1n) is 5.58. The summed E-state index contributed by atoms with van der Waals surface area (Å²) in [6.07, 6.45) is 1.18. The van der Waals surface area contributed by atoms with E-state index < -0.39 is 11.7 Å². The Bertz CT molecular complexity index is 608. The first-order chi connectivity index (χ1) is 8.40. The van der Waals surface area contributed by atoms with Gasteiger partial charge in [0.15, 0.2) is 0 Å². The van der Waals surface area contributed by atoms with Crippen LogP contribution in [0.5, 0.6) is 0 Å². The number of aromatic nitrogens is 1. The number of carbonyl (C=O) groups is 1. The van der Waals surface area contributed by atoms with Crippen LogP contribution in [0.2, 0.25) is 0 Å². The Morgan fingerprint density at radius 2 is 2.00 bits per heavy atom. The highest BCUT2D eigenvalue weighted by Gasteiger charge is 2.18. The highest BCUT2D eigenvalue weighted by Crippen LogP contribution is 2.23. The summed E-state index contributed by atoms with van der Waals surface area (Å²) < 4.78 is 6.70. The summed E-state index contributed by atoms with van der Waals surface area (Å²) in [6.45, 7) is 5.43. The van der Waals surface area contributed by atoms with E-state index in [9.17, 15) is 9.70 Å². The van der Waals surface area contributed by atoms with Crippen LogP contribution in [0.4, 0.5) is 10.5 Å². The average molecular weight is 246 g/mol. The van der Waals surface area contributed by atoms with E-state index >= 15 is 0 Å². The fourth-order valence-corrected chi connectivity index (χ4v) is 1.66. The maximum Gasteiger partial charge on any atom is 0.418 e. The fraction of sp³-hybridized carbons (Fsp3) is 0.308. The lowest BCUT2D eigenvalue weighted by molar-refractivity contribution is 0.0544. The first-order valence-corrected chi connectivity index (χ1v) is 5.58. The summed E-state index contributed by atoms with van der Waals surface area (Å²) in [7, 11) is 0. The molecule has 0 radical (unpaired) electrons. The Labute approximate surface area is 104 Å². The number of hydrogen-bond donors (Lipinski definition) is 0. The second kappa shape index (κ2) is 4.25. The van der Waals surface area contributed by atoms with E-state index in [0.29, 0.717) is 11.2 Å². The van der Waals surface area contributed by atoms with E-state index in [1.54, 1.807) is 30.5 Å². The molecule has 0 amide bonds. The molecule has 1 aromatic heterocycles. The van der Waals surface area contributed by atoms with Crippen LogP contribution in [0, 0.1) is 4.91 Å². The minimum Gasteiger partial charge on any atom is -0.443 e. The summed E-state index contributed by atoms with van der Waals surface area (Å²) in [5.41, 5.74) is 0.485. The van der Waals surface area contributed by atoms with Crippen molar-refractivity contribution in [1.29, 1.82) is 0 Å². The molecule has 0 spiro atoms. The van der Waals surface area contributed by atoms with Crippen LogP contribution in [0.1, 0.15) is 20.8 Å². The van der Waals surface area contributed by atoms with Crippen molar-refractivity contribution in [3.63, 3.8) is 0 Å². The van der Waals surface area contributed by atoms with E-state index in [1.165, 1.54) is 4.57 Å². The van der Waals surface area contributed by atoms with Crippen LogP contribution in [0.3, 0.4) is 0 Å². The van der Waals surface area contributed by atoms with Crippen molar-refractivity contribution >= 4 is 22.7 Å². The fourth-order valence-electron chi connectivity index (χ4n) is 1.66. The monoisotopic (exact) mass is 246 g/mol. The Kier molecular flexibility index (Phi) is 2.90. The number of rotatable bonds is 1. The van der Waals surface area contributed by atoms with Crippen LogP contribution in [0.25, 0.3) is 10.9 Å². The van der Waals surface area contributed by atoms with Crippen molar-refractivity contribution in [2.24, 2.45) is 5.18 Å². The smallest absolute Gasteiger partial charge is 0.418 e. The number of benzene rings is 1. The van der Waals surface area contributed by atoms with Gasteiger partial charge < -0.3 is 4.74 Å². The third kappa shape index (κ3) is 2.40. The van der Waals surface area contributed by atoms with Gasteiger partial charge in [0, 0.05) is 11.6 Å². The quantitative estimate of drug-likeness (QED) is 0.718. The molecule has 5 heteroatoms. The van der Waals surface area contributed by atoms with Crippen LogP contribution in [0.15, 0.2) is 35.6 Å². The molecule has 5 nitrogen and oxygen atoms in total. The molecular formula is C13H14N2O3. The van der Waals surface area contributed by atoms with Gasteiger partial charge in [0.25, 0.3) is 0 Å². The lowest BCUT2D eigenvalue weighted by Crippen LogP contribution is -2.26. The highest BCUT2D eigenvalue weighted by molar-refractivity contribution is 5.91. The second-order valence-corrected chi connectivity index (χ2v) is 5.00. The Balaban J connectivity index is 2.41. The molecule has 1 aromatic carbocycles. The minimum atomic E-state index is -0.544. The van der Waals surface area contributed by atoms with Crippen LogP contribution in [-0.4, -0.2) is 16.3 Å². The summed E-state index contributed by atoms with van der Waals surface area (Å²) in [5, 5.41) is 3.63. The van der Waals surface area contributed by atoms with Gasteiger partial charge in [-0.1, -0.05) is 0 Å². The molecule has 94 valence electrons. The lowest BCUT2D eigenvalue weighted by atomic mass is 10.2. The van der Waals surface area contributed by atoms with Crippen molar-refractivity contribution in [3.05, 3.63) is 35.4 Å². The Morgan fingerprint density at radius 3 is 2.61 bits per heavy atom. The van der Waals surface area contributed by atoms with Gasteiger partial charge in [0.05, 0.1) is 5.52 Å². The number of fused-ring (bicyclic) bond motifs is 1. The number of nitroso groups, excluding NO2 is 1. The maximum atomic E-state index is 11.9. The predicted molar refractivity (Wildman–Crippen MR) is 69.0 cm³/mol. The molecule has 0 N–H and O–H groups in total. The molecule has 0 bridgehead atoms. The van der Waals surface area contributed by atoms with Crippen molar-refractivity contribution in [1.82, 2.24) is 4.57 Å². The van der Waals surface area contributed by atoms with E-state index in [0.717, 1.165) is 5.39 Å². The zero-order chi connectivity index (χ0) is 13.3. The van der Waals surface area contributed by atoms with Crippen LogP contribution < -0.4 is 0 Å². The van der Waals surface area contributed by atoms with Crippen molar-refractivity contribution in [2.45, 2.75) is 26.4 Å². The maximum absolute atomic E-state index is 11.9. The van der Waals surface area contributed by atoms with Crippen molar-refractivity contribution < 1.29 is 9.53 Å². The van der Waals surface area contributed by atoms with E-state index in [-0.39, 0.29) is 0 Å². The van der Waals surface area contributed by atoms with Gasteiger partial charge in [-0.25, -0.2) is 4.79 Å². The summed E-state index contributed by atoms with van der Waals surface area (Å²) in [6, 6.07) is 6.61. The Hall–Kier alpha value is -2.17. The van der Waals surface area contributed by atoms with Crippen molar-refractivity contribution in [2.75, 3.05) is 0 Å². The summed E-state index contributed by atoms with van der Waals surface area (Å²) in [4.78, 5) is 22.4. The molecule has 18 heavy (non-hydrogen) atoms. The molecule has 0 atom stereocenters. The molecule has 0 saturated carbocycles. The molecule has 0 aliphatic carbocycles. The normalized spacial score (nSPS) is 11.5. The van der Waals surface area contributed by atoms with E-state index in [4.69, 9.17) is 4.74 Å². The van der Waals surface area contributed by atoms with Gasteiger partial charge >= 0.3 is 6.09 Å². The number of carbonyl (C=O) groups excluding carboxylic acids is 1. The molecule has 0 fully saturated rings. The predicted octanol–water partition coefficient (Wildman–Crippen LogP) is 3.82. The van der Waals surface area contributed by atoms with E-state index in [2.05, 4.69) is 5.18 Å². The van der Waals surface area contributed by atoms with Crippen molar-refractivity contribution in [3.8, 4) is 0 Å². The number of hydrogen-bond acceptors (Lipinski definition) is 4. The molecule has 2 aromatic rings. The number of nitrogens with zero attached hydrogens (tertiary/aromatic N) is 2. The average Bonchev–Trinajstić information content (AvgIpc) is 2.69. The zero-order valence-corrected chi connectivity index (χ0v) is 10.5. The molecule has 0 aliphatic heterocycles. The van der Waals surface area contributed by atoms with Gasteiger partial charge in [-0.15, -0.1) is 4.91 Å². The van der Waals surface area contributed by atoms with E-state index in [1.807, 2.05) is 20.8 Å². The molecule has 0 unspecified atom stereocenters. The first kappa shape index (κ1) is 12.3. The molecule has 0 saturated heterocycles. The summed E-state index contributed by atoms with van der Waals surface area (Å²) in [5.74, 6) is 0. The van der Waals surface area contributed by atoms with Gasteiger partial charge in [-0.3, -0.25) is 4.57 Å². The van der Waals surface area contributed by atoms with Gasteiger partial charge in [0.1, 0.15) is 11.3 Å².